The Balaban J connectivity index is 1.05. The zero-order valence-corrected chi connectivity index (χ0v) is 30.9. The van der Waals surface area contributed by atoms with Crippen molar-refractivity contribution in [2.75, 3.05) is 19.8 Å². The van der Waals surface area contributed by atoms with Crippen LogP contribution in [0.1, 0.15) is 144 Å². The predicted molar refractivity (Wildman–Crippen MR) is 188 cm³/mol. The van der Waals surface area contributed by atoms with E-state index in [1.54, 1.807) is 5.57 Å². The highest BCUT2D eigenvalue weighted by molar-refractivity contribution is 5.28. The molecular weight excluding hydrogens is 600 g/mol. The van der Waals surface area contributed by atoms with Crippen LogP contribution in [-0.2, 0) is 28.4 Å². The average molecular weight is 667 g/mol. The van der Waals surface area contributed by atoms with E-state index in [-0.39, 0.29) is 36.5 Å². The van der Waals surface area contributed by atoms with Crippen LogP contribution in [0.25, 0.3) is 0 Å². The Hall–Kier alpha value is -0.940. The van der Waals surface area contributed by atoms with Gasteiger partial charge < -0.3 is 28.4 Å². The molecule has 6 fully saturated rings. The zero-order chi connectivity index (χ0) is 33.4. The van der Waals surface area contributed by atoms with Crippen LogP contribution >= 0.6 is 0 Å². The highest BCUT2D eigenvalue weighted by Gasteiger charge is 2.61. The minimum Gasteiger partial charge on any atom is -0.353 e. The van der Waals surface area contributed by atoms with E-state index in [9.17, 15) is 0 Å². The van der Waals surface area contributed by atoms with Crippen LogP contribution in [0, 0.1) is 52.3 Å². The van der Waals surface area contributed by atoms with Gasteiger partial charge in [0.15, 0.2) is 18.9 Å². The largest absolute Gasteiger partial charge is 0.353 e. The molecule has 3 aliphatic heterocycles. The summed E-state index contributed by atoms with van der Waals surface area (Å²) in [5, 5.41) is 0. The molecule has 0 aromatic rings. The summed E-state index contributed by atoms with van der Waals surface area (Å²) in [6.45, 7) is 14.4. The van der Waals surface area contributed by atoms with E-state index >= 15 is 0 Å². The second-order valence-corrected chi connectivity index (χ2v) is 17.7. The molecule has 12 atom stereocenters. The lowest BCUT2D eigenvalue weighted by Crippen LogP contribution is -2.57. The van der Waals surface area contributed by atoms with E-state index in [0.717, 1.165) is 95.4 Å². The van der Waals surface area contributed by atoms with E-state index < -0.39 is 5.60 Å². The fourth-order valence-corrected chi connectivity index (χ4v) is 11.7. The number of hydrogen-bond acceptors (Lipinski definition) is 6. The highest BCUT2D eigenvalue weighted by atomic mass is 16.7. The van der Waals surface area contributed by atoms with E-state index in [2.05, 4.69) is 52.5 Å². The Morgan fingerprint density at radius 2 is 1.50 bits per heavy atom. The van der Waals surface area contributed by atoms with Gasteiger partial charge in [0.25, 0.3) is 0 Å². The minimum atomic E-state index is -0.474. The lowest BCUT2D eigenvalue weighted by molar-refractivity contribution is -0.248. The number of ether oxygens (including phenoxy) is 6. The summed E-state index contributed by atoms with van der Waals surface area (Å²) in [6, 6.07) is 0. The van der Waals surface area contributed by atoms with E-state index in [4.69, 9.17) is 28.4 Å². The molecule has 270 valence electrons. The van der Waals surface area contributed by atoms with E-state index in [1.807, 2.05) is 0 Å². The summed E-state index contributed by atoms with van der Waals surface area (Å²) in [5.41, 5.74) is 1.55. The Labute approximate surface area is 292 Å². The molecule has 0 amide bonds. The van der Waals surface area contributed by atoms with Crippen molar-refractivity contribution in [3.63, 3.8) is 0 Å². The zero-order valence-electron chi connectivity index (χ0n) is 30.9. The van der Waals surface area contributed by atoms with Crippen molar-refractivity contribution in [2.45, 2.75) is 180 Å². The van der Waals surface area contributed by atoms with Gasteiger partial charge in [0, 0.05) is 38.1 Å². The fraction of sp³-hybridized carbons (Fsp3) is 0.905. The maximum atomic E-state index is 7.07. The van der Waals surface area contributed by atoms with Crippen molar-refractivity contribution in [1.29, 1.82) is 0 Å². The third kappa shape index (κ3) is 7.35. The summed E-state index contributed by atoms with van der Waals surface area (Å²) < 4.78 is 38.1. The van der Waals surface area contributed by atoms with E-state index in [0.29, 0.717) is 17.3 Å². The Kier molecular flexibility index (Phi) is 11.1. The predicted octanol–water partition coefficient (Wildman–Crippen LogP) is 9.35. The van der Waals surface area contributed by atoms with Gasteiger partial charge in [-0.2, -0.15) is 0 Å². The van der Waals surface area contributed by atoms with Gasteiger partial charge in [-0.3, -0.25) is 0 Å². The van der Waals surface area contributed by atoms with Crippen LogP contribution < -0.4 is 0 Å². The monoisotopic (exact) mass is 666 g/mol. The van der Waals surface area contributed by atoms with Crippen LogP contribution in [0.5, 0.6) is 0 Å². The standard InChI is InChI=1S/C42H66O6/c1-29(13-12-22-40(2,3)48-39-16-8-11-26-45-39)33-19-20-34-32-18-17-30-27-31(46-37-14-6-9-24-43-37)28-36(47-38-15-7-10-25-44-38)42(30,5)35(32)21-23-41(33,34)4/h17,29,31-39H,6-11,13-16,18-21,23-28H2,1-5H3/t29-,31-,32+,33-,34+,35+,36+,37?,38?,39?,41-,42+/m1/s1. The summed E-state index contributed by atoms with van der Waals surface area (Å²) in [5.74, 6) is 10.5. The van der Waals surface area contributed by atoms with Gasteiger partial charge >= 0.3 is 0 Å². The summed E-state index contributed by atoms with van der Waals surface area (Å²) in [4.78, 5) is 0. The SMILES string of the molecule is C[C@H](CC#CC(C)(C)OC1CCCCO1)[C@H]1CC[C@H]2[C@@H]3CC=C4C[C@@H](OC5CCCCO5)C[C@H](OC5CCCCO5)[C@]4(C)[C@H]3CC[C@]12C. The lowest BCUT2D eigenvalue weighted by atomic mass is 9.46. The second kappa shape index (κ2) is 15.0. The van der Waals surface area contributed by atoms with Crippen LogP contribution in [0.3, 0.4) is 0 Å². The Bertz CT molecular complexity index is 1170. The quantitative estimate of drug-likeness (QED) is 0.190. The number of rotatable bonds is 8. The molecule has 0 N–H and O–H groups in total. The maximum Gasteiger partial charge on any atom is 0.159 e. The molecule has 6 heteroatoms. The van der Waals surface area contributed by atoms with Crippen molar-refractivity contribution in [1.82, 2.24) is 0 Å². The average Bonchev–Trinajstić information content (AvgIpc) is 3.44. The topological polar surface area (TPSA) is 55.4 Å². The molecule has 7 aliphatic rings. The van der Waals surface area contributed by atoms with Gasteiger partial charge in [0.05, 0.1) is 12.2 Å². The summed E-state index contributed by atoms with van der Waals surface area (Å²) >= 11 is 0. The van der Waals surface area contributed by atoms with Crippen LogP contribution in [-0.4, -0.2) is 56.5 Å². The van der Waals surface area contributed by atoms with Crippen molar-refractivity contribution in [3.05, 3.63) is 11.6 Å². The highest BCUT2D eigenvalue weighted by Crippen LogP contribution is 2.67. The summed E-state index contributed by atoms with van der Waals surface area (Å²) in [6.07, 6.45) is 22.2. The molecule has 0 spiro atoms. The van der Waals surface area contributed by atoms with Crippen molar-refractivity contribution >= 4 is 0 Å². The molecule has 3 heterocycles. The molecule has 3 saturated carbocycles. The molecule has 7 rings (SSSR count). The molecule has 0 aromatic heterocycles. The number of fused-ring (bicyclic) bond motifs is 5. The fourth-order valence-electron chi connectivity index (χ4n) is 11.7. The molecule has 3 saturated heterocycles. The van der Waals surface area contributed by atoms with Gasteiger partial charge in [0.2, 0.25) is 0 Å². The first-order chi connectivity index (χ1) is 23.2. The molecule has 4 aliphatic carbocycles. The minimum absolute atomic E-state index is 0.0428. The first-order valence-electron chi connectivity index (χ1n) is 20.2. The molecule has 3 unspecified atom stereocenters. The molecular formula is C42H66O6. The third-order valence-electron chi connectivity index (χ3n) is 14.2. The van der Waals surface area contributed by atoms with Gasteiger partial charge in [-0.25, -0.2) is 0 Å². The normalized spacial score (nSPS) is 43.9. The number of hydrogen-bond donors (Lipinski definition) is 0. The van der Waals surface area contributed by atoms with Crippen LogP contribution in [0.2, 0.25) is 0 Å². The number of allylic oxidation sites excluding steroid dienone is 1. The lowest BCUT2D eigenvalue weighted by Gasteiger charge is -2.60. The molecule has 0 bridgehead atoms. The van der Waals surface area contributed by atoms with Gasteiger partial charge in [-0.05, 0) is 145 Å². The second-order valence-electron chi connectivity index (χ2n) is 17.7. The van der Waals surface area contributed by atoms with Crippen molar-refractivity contribution in [2.24, 2.45) is 40.4 Å². The molecule has 48 heavy (non-hydrogen) atoms. The Morgan fingerprint density at radius 1 is 0.833 bits per heavy atom. The molecule has 6 nitrogen and oxygen atoms in total. The smallest absolute Gasteiger partial charge is 0.159 e. The van der Waals surface area contributed by atoms with Crippen LogP contribution in [0.4, 0.5) is 0 Å². The molecule has 0 aromatic carbocycles. The van der Waals surface area contributed by atoms with Gasteiger partial charge in [-0.15, -0.1) is 0 Å². The maximum absolute atomic E-state index is 7.07. The first kappa shape index (κ1) is 35.5. The van der Waals surface area contributed by atoms with E-state index in [1.165, 1.54) is 51.4 Å². The van der Waals surface area contributed by atoms with Gasteiger partial charge in [0.1, 0.15) is 5.60 Å². The van der Waals surface area contributed by atoms with Crippen molar-refractivity contribution < 1.29 is 28.4 Å². The van der Waals surface area contributed by atoms with Crippen LogP contribution in [0.15, 0.2) is 11.6 Å². The first-order valence-corrected chi connectivity index (χ1v) is 20.2. The van der Waals surface area contributed by atoms with Gasteiger partial charge in [-0.1, -0.05) is 44.3 Å². The van der Waals surface area contributed by atoms with Crippen molar-refractivity contribution in [3.8, 4) is 11.8 Å². The summed E-state index contributed by atoms with van der Waals surface area (Å²) in [7, 11) is 0. The Morgan fingerprint density at radius 3 is 2.17 bits per heavy atom. The third-order valence-corrected chi connectivity index (χ3v) is 14.2. The molecule has 0 radical (unpaired) electrons.